The molecule has 1 aliphatic rings. The molecule has 5 heteroatoms. The Hall–Kier alpha value is -1.69. The van der Waals surface area contributed by atoms with Crippen LogP contribution in [0.2, 0.25) is 0 Å². The van der Waals surface area contributed by atoms with E-state index in [4.69, 9.17) is 9.94 Å². The SMILES string of the molecule is O=C(CCN1CCCCO1)N(CC=Cc1ccccc1)CCO. The van der Waals surface area contributed by atoms with Gasteiger partial charge in [-0.05, 0) is 18.4 Å². The summed E-state index contributed by atoms with van der Waals surface area (Å²) in [4.78, 5) is 19.5. The van der Waals surface area contributed by atoms with Gasteiger partial charge >= 0.3 is 0 Å². The molecule has 1 aromatic carbocycles. The number of rotatable bonds is 8. The molecule has 2 rings (SSSR count). The Balaban J connectivity index is 1.79. The maximum Gasteiger partial charge on any atom is 0.224 e. The minimum Gasteiger partial charge on any atom is -0.395 e. The largest absolute Gasteiger partial charge is 0.395 e. The average Bonchev–Trinajstić information content (AvgIpc) is 2.61. The zero-order chi connectivity index (χ0) is 16.3. The molecule has 0 spiro atoms. The van der Waals surface area contributed by atoms with Gasteiger partial charge in [0.1, 0.15) is 0 Å². The summed E-state index contributed by atoms with van der Waals surface area (Å²) < 4.78 is 0. The predicted octanol–water partition coefficient (Wildman–Crippen LogP) is 1.94. The number of amides is 1. The topological polar surface area (TPSA) is 53.0 Å². The van der Waals surface area contributed by atoms with E-state index in [0.29, 0.717) is 26.1 Å². The van der Waals surface area contributed by atoms with Crippen LogP contribution in [0, 0.1) is 0 Å². The van der Waals surface area contributed by atoms with E-state index in [2.05, 4.69) is 0 Å². The molecule has 5 nitrogen and oxygen atoms in total. The molecule has 126 valence electrons. The summed E-state index contributed by atoms with van der Waals surface area (Å²) in [5.41, 5.74) is 1.10. The molecule has 1 saturated heterocycles. The van der Waals surface area contributed by atoms with E-state index >= 15 is 0 Å². The molecule has 0 saturated carbocycles. The maximum absolute atomic E-state index is 12.3. The fourth-order valence-corrected chi connectivity index (χ4v) is 2.52. The van der Waals surface area contributed by atoms with Gasteiger partial charge in [-0.1, -0.05) is 42.5 Å². The minimum atomic E-state index is -0.0227. The van der Waals surface area contributed by atoms with Crippen LogP contribution in [-0.4, -0.2) is 60.4 Å². The van der Waals surface area contributed by atoms with Gasteiger partial charge < -0.3 is 10.0 Å². The first kappa shape index (κ1) is 17.7. The lowest BCUT2D eigenvalue weighted by Gasteiger charge is -2.27. The van der Waals surface area contributed by atoms with Gasteiger partial charge in [-0.3, -0.25) is 9.63 Å². The first-order chi connectivity index (χ1) is 11.3. The van der Waals surface area contributed by atoms with E-state index in [-0.39, 0.29) is 12.5 Å². The van der Waals surface area contributed by atoms with Crippen LogP contribution in [0.15, 0.2) is 36.4 Å². The first-order valence-electron chi connectivity index (χ1n) is 8.27. The van der Waals surface area contributed by atoms with Gasteiger partial charge in [0.2, 0.25) is 5.91 Å². The molecule has 1 aliphatic heterocycles. The quantitative estimate of drug-likeness (QED) is 0.796. The van der Waals surface area contributed by atoms with Crippen molar-refractivity contribution in [2.24, 2.45) is 0 Å². The zero-order valence-electron chi connectivity index (χ0n) is 13.6. The van der Waals surface area contributed by atoms with E-state index in [1.165, 1.54) is 0 Å². The second-order valence-corrected chi connectivity index (χ2v) is 5.60. The van der Waals surface area contributed by atoms with Crippen LogP contribution in [0.5, 0.6) is 0 Å². The number of aliphatic hydroxyl groups is 1. The van der Waals surface area contributed by atoms with Crippen LogP contribution in [0.1, 0.15) is 24.8 Å². The maximum atomic E-state index is 12.3. The zero-order valence-corrected chi connectivity index (χ0v) is 13.6. The number of carbonyl (C=O) groups excluding carboxylic acids is 1. The van der Waals surface area contributed by atoms with Crippen molar-refractivity contribution in [3.63, 3.8) is 0 Å². The highest BCUT2D eigenvalue weighted by Gasteiger charge is 2.16. The van der Waals surface area contributed by atoms with Gasteiger partial charge in [0.15, 0.2) is 0 Å². The second-order valence-electron chi connectivity index (χ2n) is 5.60. The van der Waals surface area contributed by atoms with Crippen LogP contribution in [0.3, 0.4) is 0 Å². The normalized spacial score (nSPS) is 15.9. The number of hydrogen-bond acceptors (Lipinski definition) is 4. The number of benzene rings is 1. The number of nitrogens with zero attached hydrogens (tertiary/aromatic N) is 2. The van der Waals surface area contributed by atoms with Crippen molar-refractivity contribution in [3.05, 3.63) is 42.0 Å². The summed E-state index contributed by atoms with van der Waals surface area (Å²) in [6.07, 6.45) is 6.57. The van der Waals surface area contributed by atoms with E-state index in [1.54, 1.807) is 4.90 Å². The Labute approximate surface area is 138 Å². The lowest BCUT2D eigenvalue weighted by molar-refractivity contribution is -0.182. The predicted molar refractivity (Wildman–Crippen MR) is 90.5 cm³/mol. The van der Waals surface area contributed by atoms with Crippen molar-refractivity contribution in [3.8, 4) is 0 Å². The van der Waals surface area contributed by atoms with E-state index < -0.39 is 0 Å². The number of hydrogen-bond donors (Lipinski definition) is 1. The van der Waals surface area contributed by atoms with Gasteiger partial charge in [-0.25, -0.2) is 0 Å². The second kappa shape index (κ2) is 10.2. The molecule has 1 N–H and O–H groups in total. The Bertz CT molecular complexity index is 484. The van der Waals surface area contributed by atoms with E-state index in [1.807, 2.05) is 47.5 Å². The van der Waals surface area contributed by atoms with Gasteiger partial charge in [-0.15, -0.1) is 0 Å². The lowest BCUT2D eigenvalue weighted by Crippen LogP contribution is -2.37. The Morgan fingerprint density at radius 2 is 2.13 bits per heavy atom. The van der Waals surface area contributed by atoms with E-state index in [0.717, 1.165) is 31.6 Å². The van der Waals surface area contributed by atoms with Crippen molar-refractivity contribution in [2.75, 3.05) is 39.4 Å². The summed E-state index contributed by atoms with van der Waals surface area (Å²) in [6, 6.07) is 9.97. The third kappa shape index (κ3) is 6.52. The molecule has 23 heavy (non-hydrogen) atoms. The molecule has 0 aromatic heterocycles. The molecule has 0 atom stereocenters. The van der Waals surface area contributed by atoms with Crippen molar-refractivity contribution >= 4 is 12.0 Å². The molecule has 1 amide bonds. The number of carbonyl (C=O) groups is 1. The fraction of sp³-hybridized carbons (Fsp3) is 0.500. The fourth-order valence-electron chi connectivity index (χ4n) is 2.52. The minimum absolute atomic E-state index is 0.0227. The molecule has 0 bridgehead atoms. The Morgan fingerprint density at radius 1 is 1.30 bits per heavy atom. The Kier molecular flexibility index (Phi) is 7.80. The summed E-state index contributed by atoms with van der Waals surface area (Å²) in [7, 11) is 0. The van der Waals surface area contributed by atoms with Crippen LogP contribution < -0.4 is 0 Å². The van der Waals surface area contributed by atoms with E-state index in [9.17, 15) is 4.79 Å². The van der Waals surface area contributed by atoms with Crippen molar-refractivity contribution in [1.29, 1.82) is 0 Å². The molecule has 0 unspecified atom stereocenters. The lowest BCUT2D eigenvalue weighted by atomic mass is 10.2. The highest BCUT2D eigenvalue weighted by atomic mass is 16.7. The van der Waals surface area contributed by atoms with Crippen LogP contribution in [0.25, 0.3) is 6.08 Å². The summed E-state index contributed by atoms with van der Waals surface area (Å²) in [5, 5.41) is 11.0. The van der Waals surface area contributed by atoms with Crippen LogP contribution in [-0.2, 0) is 9.63 Å². The van der Waals surface area contributed by atoms with Gasteiger partial charge in [0, 0.05) is 32.6 Å². The van der Waals surface area contributed by atoms with Crippen molar-refractivity contribution in [1.82, 2.24) is 9.96 Å². The molecular formula is C18H26N2O3. The number of hydroxylamine groups is 2. The summed E-state index contributed by atoms with van der Waals surface area (Å²) in [5.74, 6) is 0.0472. The average molecular weight is 318 g/mol. The monoisotopic (exact) mass is 318 g/mol. The molecule has 0 radical (unpaired) electrons. The van der Waals surface area contributed by atoms with Gasteiger partial charge in [0.25, 0.3) is 0 Å². The first-order valence-corrected chi connectivity index (χ1v) is 8.27. The summed E-state index contributed by atoms with van der Waals surface area (Å²) in [6.45, 7) is 3.10. The Morgan fingerprint density at radius 3 is 2.83 bits per heavy atom. The third-order valence-electron chi connectivity index (χ3n) is 3.81. The molecule has 1 aromatic rings. The molecule has 1 fully saturated rings. The molecule has 1 heterocycles. The molecular weight excluding hydrogens is 292 g/mol. The highest BCUT2D eigenvalue weighted by Crippen LogP contribution is 2.07. The summed E-state index contributed by atoms with van der Waals surface area (Å²) >= 11 is 0. The van der Waals surface area contributed by atoms with Gasteiger partial charge in [-0.2, -0.15) is 5.06 Å². The van der Waals surface area contributed by atoms with Crippen molar-refractivity contribution < 1.29 is 14.7 Å². The van der Waals surface area contributed by atoms with Gasteiger partial charge in [0.05, 0.1) is 13.2 Å². The molecule has 0 aliphatic carbocycles. The van der Waals surface area contributed by atoms with Crippen LogP contribution >= 0.6 is 0 Å². The highest BCUT2D eigenvalue weighted by molar-refractivity contribution is 5.76. The standard InChI is InChI=1S/C18H26N2O3/c21-15-14-19(11-6-9-17-7-2-1-3-8-17)18(22)10-13-20-12-4-5-16-23-20/h1-3,6-9,21H,4-5,10-16H2. The van der Waals surface area contributed by atoms with Crippen LogP contribution in [0.4, 0.5) is 0 Å². The third-order valence-corrected chi connectivity index (χ3v) is 3.81. The van der Waals surface area contributed by atoms with Crippen molar-refractivity contribution in [2.45, 2.75) is 19.3 Å². The smallest absolute Gasteiger partial charge is 0.224 e. The number of aliphatic hydroxyl groups excluding tert-OH is 1.